The van der Waals surface area contributed by atoms with E-state index in [0.29, 0.717) is 10.9 Å². The van der Waals surface area contributed by atoms with E-state index in [1.165, 1.54) is 11.3 Å². The van der Waals surface area contributed by atoms with Crippen molar-refractivity contribution < 1.29 is 4.79 Å². The molecular formula is C10H10N4OS. The van der Waals surface area contributed by atoms with Crippen LogP contribution in [0, 0.1) is 6.92 Å². The topological polar surface area (TPSA) is 80.9 Å². The highest BCUT2D eigenvalue weighted by molar-refractivity contribution is 7.13. The summed E-state index contributed by atoms with van der Waals surface area (Å²) in [4.78, 5) is 19.8. The van der Waals surface area contributed by atoms with Gasteiger partial charge in [-0.25, -0.2) is 9.97 Å². The predicted molar refractivity (Wildman–Crippen MR) is 63.5 cm³/mol. The minimum Gasteiger partial charge on any atom is -0.384 e. The number of rotatable bonds is 2. The van der Waals surface area contributed by atoms with Crippen LogP contribution in [0.3, 0.4) is 0 Å². The van der Waals surface area contributed by atoms with Crippen molar-refractivity contribution in [2.75, 3.05) is 11.1 Å². The molecule has 0 aliphatic rings. The number of nitrogens with two attached hydrogens (primary N) is 1. The van der Waals surface area contributed by atoms with Crippen LogP contribution >= 0.6 is 11.3 Å². The molecule has 0 spiro atoms. The Balaban J connectivity index is 2.14. The molecule has 2 aromatic heterocycles. The number of nitrogens with zero attached hydrogens (tertiary/aromatic N) is 2. The molecule has 0 aliphatic heterocycles. The molecule has 0 radical (unpaired) electrons. The number of nitrogens with one attached hydrogen (secondary N) is 1. The second-order valence-corrected chi connectivity index (χ2v) is 4.05. The van der Waals surface area contributed by atoms with Crippen molar-refractivity contribution in [3.8, 4) is 0 Å². The maximum Gasteiger partial charge on any atom is 0.276 e. The van der Waals surface area contributed by atoms with Gasteiger partial charge in [0.15, 0.2) is 5.13 Å². The summed E-state index contributed by atoms with van der Waals surface area (Å²) in [5, 5.41) is 5.08. The Kier molecular flexibility index (Phi) is 2.82. The molecular weight excluding hydrogens is 224 g/mol. The third-order valence-electron chi connectivity index (χ3n) is 1.84. The van der Waals surface area contributed by atoms with Crippen LogP contribution in [-0.2, 0) is 0 Å². The Morgan fingerprint density at radius 3 is 2.88 bits per heavy atom. The lowest BCUT2D eigenvalue weighted by Crippen LogP contribution is -2.14. The maximum atomic E-state index is 11.7. The van der Waals surface area contributed by atoms with Crippen LogP contribution < -0.4 is 11.1 Å². The SMILES string of the molecule is Cc1csc(NC(=O)c2cccc(N)n2)n1. The molecule has 0 fully saturated rings. The standard InChI is InChI=1S/C10H10N4OS/c1-6-5-16-10(12-6)14-9(15)7-3-2-4-8(11)13-7/h2-5H,1H3,(H2,11,13)(H,12,14,15). The fourth-order valence-electron chi connectivity index (χ4n) is 1.15. The summed E-state index contributed by atoms with van der Waals surface area (Å²) < 4.78 is 0. The first-order valence-corrected chi connectivity index (χ1v) is 5.49. The van der Waals surface area contributed by atoms with Crippen molar-refractivity contribution in [2.45, 2.75) is 6.92 Å². The van der Waals surface area contributed by atoms with Gasteiger partial charge in [-0.1, -0.05) is 6.07 Å². The molecule has 0 aliphatic carbocycles. The van der Waals surface area contributed by atoms with Gasteiger partial charge in [0.05, 0.1) is 5.69 Å². The van der Waals surface area contributed by atoms with Crippen LogP contribution in [0.25, 0.3) is 0 Å². The Bertz CT molecular complexity index is 523. The van der Waals surface area contributed by atoms with Crippen molar-refractivity contribution in [3.05, 3.63) is 35.0 Å². The predicted octanol–water partition coefficient (Wildman–Crippen LogP) is 1.68. The summed E-state index contributed by atoms with van der Waals surface area (Å²) in [7, 11) is 0. The number of nitrogen functional groups attached to an aromatic ring is 1. The van der Waals surface area contributed by atoms with Crippen LogP contribution in [-0.4, -0.2) is 15.9 Å². The average molecular weight is 234 g/mol. The van der Waals surface area contributed by atoms with Gasteiger partial charge in [-0.3, -0.25) is 10.1 Å². The molecule has 0 aromatic carbocycles. The number of amides is 1. The number of pyridine rings is 1. The first-order valence-electron chi connectivity index (χ1n) is 4.61. The van der Waals surface area contributed by atoms with Gasteiger partial charge >= 0.3 is 0 Å². The van der Waals surface area contributed by atoms with Crippen LogP contribution in [0.5, 0.6) is 0 Å². The van der Waals surface area contributed by atoms with Crippen molar-refractivity contribution in [1.82, 2.24) is 9.97 Å². The lowest BCUT2D eigenvalue weighted by atomic mass is 10.3. The van der Waals surface area contributed by atoms with Gasteiger partial charge < -0.3 is 5.73 Å². The molecule has 1 amide bonds. The molecule has 3 N–H and O–H groups in total. The largest absolute Gasteiger partial charge is 0.384 e. The van der Waals surface area contributed by atoms with E-state index in [1.54, 1.807) is 18.2 Å². The fourth-order valence-corrected chi connectivity index (χ4v) is 1.83. The van der Waals surface area contributed by atoms with E-state index < -0.39 is 0 Å². The first-order chi connectivity index (χ1) is 7.65. The van der Waals surface area contributed by atoms with Crippen LogP contribution in [0.4, 0.5) is 10.9 Å². The Hall–Kier alpha value is -1.95. The van der Waals surface area contributed by atoms with Crippen molar-refractivity contribution in [2.24, 2.45) is 0 Å². The highest BCUT2D eigenvalue weighted by atomic mass is 32.1. The number of hydrogen-bond acceptors (Lipinski definition) is 5. The zero-order valence-electron chi connectivity index (χ0n) is 8.60. The van der Waals surface area contributed by atoms with E-state index in [1.807, 2.05) is 12.3 Å². The second kappa shape index (κ2) is 4.28. The Morgan fingerprint density at radius 1 is 1.44 bits per heavy atom. The Labute approximate surface area is 96.3 Å². The number of thiazole rings is 1. The number of hydrogen-bond donors (Lipinski definition) is 2. The number of carbonyl (C=O) groups excluding carboxylic acids is 1. The zero-order valence-corrected chi connectivity index (χ0v) is 9.41. The number of aromatic nitrogens is 2. The van der Waals surface area contributed by atoms with Gasteiger partial charge in [-0.15, -0.1) is 11.3 Å². The first kappa shape index (κ1) is 10.6. The quantitative estimate of drug-likeness (QED) is 0.828. The molecule has 16 heavy (non-hydrogen) atoms. The molecule has 0 saturated heterocycles. The number of carbonyl (C=O) groups is 1. The van der Waals surface area contributed by atoms with E-state index in [9.17, 15) is 4.79 Å². The lowest BCUT2D eigenvalue weighted by Gasteiger charge is -2.01. The van der Waals surface area contributed by atoms with E-state index in [-0.39, 0.29) is 11.6 Å². The summed E-state index contributed by atoms with van der Waals surface area (Å²) in [5.41, 5.74) is 6.65. The fraction of sp³-hybridized carbons (Fsp3) is 0.100. The Morgan fingerprint density at radius 2 is 2.25 bits per heavy atom. The van der Waals surface area contributed by atoms with Crippen LogP contribution in [0.2, 0.25) is 0 Å². The van der Waals surface area contributed by atoms with Gasteiger partial charge in [-0.2, -0.15) is 0 Å². The molecule has 2 aromatic rings. The molecule has 0 unspecified atom stereocenters. The van der Waals surface area contributed by atoms with Crippen LogP contribution in [0.1, 0.15) is 16.2 Å². The normalized spacial score (nSPS) is 10.1. The van der Waals surface area contributed by atoms with Gasteiger partial charge in [0.25, 0.3) is 5.91 Å². The molecule has 82 valence electrons. The summed E-state index contributed by atoms with van der Waals surface area (Å²) in [6, 6.07) is 4.92. The molecule has 5 nitrogen and oxygen atoms in total. The molecule has 0 atom stereocenters. The minimum atomic E-state index is -0.304. The number of aryl methyl sites for hydroxylation is 1. The van der Waals surface area contributed by atoms with Crippen LogP contribution in [0.15, 0.2) is 23.6 Å². The molecule has 2 heterocycles. The van der Waals surface area contributed by atoms with E-state index >= 15 is 0 Å². The third kappa shape index (κ3) is 2.34. The minimum absolute atomic E-state index is 0.285. The maximum absolute atomic E-state index is 11.7. The summed E-state index contributed by atoms with van der Waals surface area (Å²) in [5.74, 6) is 0.0182. The monoisotopic (exact) mass is 234 g/mol. The van der Waals surface area contributed by atoms with E-state index in [2.05, 4.69) is 15.3 Å². The molecule has 6 heteroatoms. The molecule has 0 saturated carbocycles. The lowest BCUT2D eigenvalue weighted by molar-refractivity contribution is 0.102. The highest BCUT2D eigenvalue weighted by Gasteiger charge is 2.09. The van der Waals surface area contributed by atoms with Gasteiger partial charge in [0, 0.05) is 5.38 Å². The summed E-state index contributed by atoms with van der Waals surface area (Å²) in [6.07, 6.45) is 0. The van der Waals surface area contributed by atoms with E-state index in [0.717, 1.165) is 5.69 Å². The smallest absolute Gasteiger partial charge is 0.276 e. The van der Waals surface area contributed by atoms with Gasteiger partial charge in [-0.05, 0) is 19.1 Å². The summed E-state index contributed by atoms with van der Waals surface area (Å²) in [6.45, 7) is 1.87. The summed E-state index contributed by atoms with van der Waals surface area (Å²) >= 11 is 1.37. The molecule has 0 bridgehead atoms. The van der Waals surface area contributed by atoms with Crippen molar-refractivity contribution >= 4 is 28.2 Å². The van der Waals surface area contributed by atoms with Crippen molar-refractivity contribution in [1.29, 1.82) is 0 Å². The van der Waals surface area contributed by atoms with E-state index in [4.69, 9.17) is 5.73 Å². The average Bonchev–Trinajstić information content (AvgIpc) is 2.64. The molecule has 2 rings (SSSR count). The highest BCUT2D eigenvalue weighted by Crippen LogP contribution is 2.15. The third-order valence-corrected chi connectivity index (χ3v) is 2.72. The second-order valence-electron chi connectivity index (χ2n) is 3.20. The van der Waals surface area contributed by atoms with Gasteiger partial charge in [0.2, 0.25) is 0 Å². The number of anilines is 2. The van der Waals surface area contributed by atoms with Gasteiger partial charge in [0.1, 0.15) is 11.5 Å². The zero-order chi connectivity index (χ0) is 11.5. The van der Waals surface area contributed by atoms with Crippen molar-refractivity contribution in [3.63, 3.8) is 0 Å².